The number of nitrogens with one attached hydrogen (secondary N) is 2. The van der Waals surface area contributed by atoms with Gasteiger partial charge in [0.1, 0.15) is 5.84 Å². The Balaban J connectivity index is 2.05. The molecule has 0 saturated carbocycles. The van der Waals surface area contributed by atoms with Gasteiger partial charge in [-0.2, -0.15) is 0 Å². The van der Waals surface area contributed by atoms with Crippen molar-refractivity contribution in [3.05, 3.63) is 29.8 Å². The van der Waals surface area contributed by atoms with Crippen LogP contribution in [-0.2, 0) is 4.79 Å². The lowest BCUT2D eigenvalue weighted by Gasteiger charge is -2.11. The number of nitrogens with zero attached hydrogens (tertiary/aromatic N) is 2. The number of rotatable bonds is 4. The first-order chi connectivity index (χ1) is 8.65. The van der Waals surface area contributed by atoms with E-state index in [2.05, 4.69) is 15.6 Å². The average Bonchev–Trinajstić information content (AvgIpc) is 2.81. The van der Waals surface area contributed by atoms with E-state index in [1.165, 1.54) is 0 Å². The van der Waals surface area contributed by atoms with E-state index in [-0.39, 0.29) is 5.91 Å². The predicted octanol–water partition coefficient (Wildman–Crippen LogP) is 0.536. The second kappa shape index (κ2) is 5.64. The molecule has 2 rings (SSSR count). The van der Waals surface area contributed by atoms with E-state index >= 15 is 0 Å². The maximum atomic E-state index is 11.7. The van der Waals surface area contributed by atoms with Crippen molar-refractivity contribution in [2.75, 3.05) is 39.0 Å². The maximum Gasteiger partial charge on any atom is 0.238 e. The van der Waals surface area contributed by atoms with Crippen molar-refractivity contribution in [3.8, 4) is 0 Å². The largest absolute Gasteiger partial charge is 0.368 e. The molecule has 5 nitrogen and oxygen atoms in total. The van der Waals surface area contributed by atoms with Gasteiger partial charge in [-0.05, 0) is 26.2 Å². The van der Waals surface area contributed by atoms with E-state index in [0.717, 1.165) is 30.2 Å². The number of anilines is 1. The van der Waals surface area contributed by atoms with Crippen LogP contribution in [0.4, 0.5) is 5.69 Å². The highest BCUT2D eigenvalue weighted by Crippen LogP contribution is 2.12. The number of carbonyl (C=O) groups is 1. The molecule has 0 aliphatic carbocycles. The smallest absolute Gasteiger partial charge is 0.238 e. The fourth-order valence-electron chi connectivity index (χ4n) is 1.82. The minimum Gasteiger partial charge on any atom is -0.368 e. The first-order valence-corrected chi connectivity index (χ1v) is 5.98. The SMILES string of the molecule is CN(C)CC(=O)Nc1cccc(C2=NCCN2)c1. The van der Waals surface area contributed by atoms with Gasteiger partial charge in [-0.15, -0.1) is 0 Å². The molecule has 1 heterocycles. The molecule has 0 fully saturated rings. The van der Waals surface area contributed by atoms with Crippen LogP contribution in [0.15, 0.2) is 29.3 Å². The van der Waals surface area contributed by atoms with Crippen molar-refractivity contribution < 1.29 is 4.79 Å². The molecule has 0 atom stereocenters. The Labute approximate surface area is 107 Å². The molecule has 2 N–H and O–H groups in total. The molecule has 0 radical (unpaired) electrons. The summed E-state index contributed by atoms with van der Waals surface area (Å²) in [7, 11) is 3.74. The standard InChI is InChI=1S/C13H18N4O/c1-17(2)9-12(18)16-11-5-3-4-10(8-11)13-14-6-7-15-13/h3-5,8H,6-7,9H2,1-2H3,(H,14,15)(H,16,18). The summed E-state index contributed by atoms with van der Waals surface area (Å²) in [5.41, 5.74) is 1.81. The molecule has 1 aromatic rings. The Kier molecular flexibility index (Phi) is 3.94. The third kappa shape index (κ3) is 3.30. The zero-order chi connectivity index (χ0) is 13.0. The molecule has 0 saturated heterocycles. The number of carbonyl (C=O) groups excluding carboxylic acids is 1. The lowest BCUT2D eigenvalue weighted by molar-refractivity contribution is -0.116. The van der Waals surface area contributed by atoms with Gasteiger partial charge >= 0.3 is 0 Å². The van der Waals surface area contributed by atoms with Gasteiger partial charge in [0.15, 0.2) is 0 Å². The second-order valence-electron chi connectivity index (χ2n) is 4.52. The summed E-state index contributed by atoms with van der Waals surface area (Å²) in [4.78, 5) is 17.9. The molecular weight excluding hydrogens is 228 g/mol. The van der Waals surface area contributed by atoms with Crippen LogP contribution in [-0.4, -0.2) is 50.4 Å². The number of benzene rings is 1. The topological polar surface area (TPSA) is 56.7 Å². The maximum absolute atomic E-state index is 11.7. The minimum absolute atomic E-state index is 0.0153. The highest BCUT2D eigenvalue weighted by molar-refractivity contribution is 6.01. The van der Waals surface area contributed by atoms with Gasteiger partial charge in [0.25, 0.3) is 0 Å². The van der Waals surface area contributed by atoms with E-state index in [9.17, 15) is 4.79 Å². The van der Waals surface area contributed by atoms with E-state index in [0.29, 0.717) is 6.54 Å². The summed E-state index contributed by atoms with van der Waals surface area (Å²) in [5.74, 6) is 0.886. The average molecular weight is 246 g/mol. The summed E-state index contributed by atoms with van der Waals surface area (Å²) in [5, 5.41) is 6.09. The van der Waals surface area contributed by atoms with Crippen LogP contribution in [0.25, 0.3) is 0 Å². The highest BCUT2D eigenvalue weighted by atomic mass is 16.2. The van der Waals surface area contributed by atoms with Crippen molar-refractivity contribution in [2.45, 2.75) is 0 Å². The quantitative estimate of drug-likeness (QED) is 0.815. The Morgan fingerprint density at radius 2 is 2.33 bits per heavy atom. The van der Waals surface area contributed by atoms with Crippen LogP contribution in [0, 0.1) is 0 Å². The fraction of sp³-hybridized carbons (Fsp3) is 0.385. The van der Waals surface area contributed by atoms with Crippen molar-refractivity contribution in [1.29, 1.82) is 0 Å². The summed E-state index contributed by atoms with van der Waals surface area (Å²) in [6.07, 6.45) is 0. The second-order valence-corrected chi connectivity index (χ2v) is 4.52. The highest BCUT2D eigenvalue weighted by Gasteiger charge is 2.09. The van der Waals surface area contributed by atoms with E-state index in [1.807, 2.05) is 43.3 Å². The fourth-order valence-corrected chi connectivity index (χ4v) is 1.82. The Bertz CT molecular complexity index is 468. The first-order valence-electron chi connectivity index (χ1n) is 5.98. The molecule has 1 aromatic carbocycles. The number of amidine groups is 1. The molecule has 1 aliphatic rings. The number of hydrogen-bond acceptors (Lipinski definition) is 4. The van der Waals surface area contributed by atoms with Crippen molar-refractivity contribution in [3.63, 3.8) is 0 Å². The van der Waals surface area contributed by atoms with Crippen LogP contribution < -0.4 is 10.6 Å². The van der Waals surface area contributed by atoms with Gasteiger partial charge in [-0.1, -0.05) is 12.1 Å². The van der Waals surface area contributed by atoms with Gasteiger partial charge in [0, 0.05) is 17.8 Å². The third-order valence-electron chi connectivity index (χ3n) is 2.55. The number of amides is 1. The zero-order valence-electron chi connectivity index (χ0n) is 10.7. The molecule has 18 heavy (non-hydrogen) atoms. The van der Waals surface area contributed by atoms with Gasteiger partial charge in [0.05, 0.1) is 13.1 Å². The summed E-state index contributed by atoms with van der Waals surface area (Å²) in [6.45, 7) is 2.07. The van der Waals surface area contributed by atoms with Crippen LogP contribution >= 0.6 is 0 Å². The summed E-state index contributed by atoms with van der Waals surface area (Å²) in [6, 6.07) is 7.72. The van der Waals surface area contributed by atoms with E-state index in [1.54, 1.807) is 0 Å². The molecular formula is C13H18N4O. The Hall–Kier alpha value is -1.88. The molecule has 0 aromatic heterocycles. The normalized spacial score (nSPS) is 14.3. The molecule has 0 spiro atoms. The first kappa shape index (κ1) is 12.6. The van der Waals surface area contributed by atoms with Gasteiger partial charge in [-0.3, -0.25) is 9.79 Å². The molecule has 1 aliphatic heterocycles. The van der Waals surface area contributed by atoms with Gasteiger partial charge < -0.3 is 15.5 Å². The van der Waals surface area contributed by atoms with Gasteiger partial charge in [0.2, 0.25) is 5.91 Å². The summed E-state index contributed by atoms with van der Waals surface area (Å²) >= 11 is 0. The predicted molar refractivity (Wildman–Crippen MR) is 73.0 cm³/mol. The molecule has 96 valence electrons. The molecule has 0 bridgehead atoms. The monoisotopic (exact) mass is 246 g/mol. The van der Waals surface area contributed by atoms with Gasteiger partial charge in [-0.25, -0.2) is 0 Å². The van der Waals surface area contributed by atoms with Crippen molar-refractivity contribution in [1.82, 2.24) is 10.2 Å². The minimum atomic E-state index is -0.0153. The van der Waals surface area contributed by atoms with Crippen molar-refractivity contribution in [2.24, 2.45) is 4.99 Å². The number of aliphatic imine (C=N–C) groups is 1. The number of hydrogen-bond donors (Lipinski definition) is 2. The lowest BCUT2D eigenvalue weighted by atomic mass is 10.2. The summed E-state index contributed by atoms with van der Waals surface area (Å²) < 4.78 is 0. The Morgan fingerprint density at radius 3 is 3.00 bits per heavy atom. The molecule has 1 amide bonds. The lowest BCUT2D eigenvalue weighted by Crippen LogP contribution is -2.27. The van der Waals surface area contributed by atoms with Crippen LogP contribution in [0.2, 0.25) is 0 Å². The van der Waals surface area contributed by atoms with Crippen molar-refractivity contribution >= 4 is 17.4 Å². The van der Waals surface area contributed by atoms with E-state index in [4.69, 9.17) is 0 Å². The number of likely N-dealkylation sites (N-methyl/N-ethyl adjacent to an activating group) is 1. The van der Waals surface area contributed by atoms with Crippen LogP contribution in [0.5, 0.6) is 0 Å². The zero-order valence-corrected chi connectivity index (χ0v) is 10.7. The van der Waals surface area contributed by atoms with E-state index < -0.39 is 0 Å². The van der Waals surface area contributed by atoms with Crippen LogP contribution in [0.3, 0.4) is 0 Å². The third-order valence-corrected chi connectivity index (χ3v) is 2.55. The van der Waals surface area contributed by atoms with Crippen LogP contribution in [0.1, 0.15) is 5.56 Å². The molecule has 5 heteroatoms. The Morgan fingerprint density at radius 1 is 1.50 bits per heavy atom. The molecule has 0 unspecified atom stereocenters.